The van der Waals surface area contributed by atoms with Crippen molar-refractivity contribution in [2.75, 3.05) is 0 Å². The Hall–Kier alpha value is -1.16. The molecule has 0 radical (unpaired) electrons. The number of rotatable bonds is 4. The zero-order chi connectivity index (χ0) is 14.7. The Bertz CT molecular complexity index is 597. The second-order valence-corrected chi connectivity index (χ2v) is 5.37. The fourth-order valence-corrected chi connectivity index (χ4v) is 2.19. The molecule has 106 valence electrons. The van der Waals surface area contributed by atoms with Crippen molar-refractivity contribution >= 4 is 23.2 Å². The van der Waals surface area contributed by atoms with E-state index in [1.165, 1.54) is 12.1 Å². The number of halogens is 4. The summed E-state index contributed by atoms with van der Waals surface area (Å²) in [6, 6.07) is 8.79. The molecule has 0 aliphatic carbocycles. The summed E-state index contributed by atoms with van der Waals surface area (Å²) in [7, 11) is 0. The number of hydrogen-bond acceptors (Lipinski definition) is 1. The normalized spacial score (nSPS) is 12.4. The molecule has 2 rings (SSSR count). The van der Waals surface area contributed by atoms with Crippen LogP contribution in [0.25, 0.3) is 0 Å². The summed E-state index contributed by atoms with van der Waals surface area (Å²) < 4.78 is 26.1. The molecule has 20 heavy (non-hydrogen) atoms. The van der Waals surface area contributed by atoms with Gasteiger partial charge in [-0.05, 0) is 42.3 Å². The maximum Gasteiger partial charge on any atom is 0.126 e. The van der Waals surface area contributed by atoms with Crippen molar-refractivity contribution in [3.63, 3.8) is 0 Å². The van der Waals surface area contributed by atoms with Crippen LogP contribution in [0.15, 0.2) is 36.4 Å². The molecular formula is C15H13Cl2F2N. The first-order valence-electron chi connectivity index (χ1n) is 6.09. The molecule has 0 bridgehead atoms. The third-order valence-corrected chi connectivity index (χ3v) is 3.72. The van der Waals surface area contributed by atoms with Crippen LogP contribution in [0, 0.1) is 11.6 Å². The summed E-state index contributed by atoms with van der Waals surface area (Å²) in [5.74, 6) is -1.16. The Morgan fingerprint density at radius 3 is 2.25 bits per heavy atom. The summed E-state index contributed by atoms with van der Waals surface area (Å²) >= 11 is 11.8. The lowest BCUT2D eigenvalue weighted by Crippen LogP contribution is -2.18. The second-order valence-electron chi connectivity index (χ2n) is 4.55. The topological polar surface area (TPSA) is 12.0 Å². The van der Waals surface area contributed by atoms with Crippen LogP contribution >= 0.6 is 23.2 Å². The van der Waals surface area contributed by atoms with E-state index < -0.39 is 11.6 Å². The smallest absolute Gasteiger partial charge is 0.126 e. The van der Waals surface area contributed by atoms with E-state index in [1.54, 1.807) is 12.1 Å². The Morgan fingerprint density at radius 1 is 1.00 bits per heavy atom. The van der Waals surface area contributed by atoms with E-state index in [0.29, 0.717) is 22.2 Å². The van der Waals surface area contributed by atoms with Gasteiger partial charge in [0.15, 0.2) is 0 Å². The van der Waals surface area contributed by atoms with E-state index in [1.807, 2.05) is 13.0 Å². The first kappa shape index (κ1) is 15.2. The molecular weight excluding hydrogens is 303 g/mol. The molecule has 0 spiro atoms. The maximum atomic E-state index is 13.1. The molecule has 1 N–H and O–H groups in total. The van der Waals surface area contributed by atoms with Crippen molar-refractivity contribution in [1.29, 1.82) is 0 Å². The van der Waals surface area contributed by atoms with Gasteiger partial charge in [0.25, 0.3) is 0 Å². The summed E-state index contributed by atoms with van der Waals surface area (Å²) in [6.07, 6.45) is 0. The van der Waals surface area contributed by atoms with Gasteiger partial charge in [-0.2, -0.15) is 0 Å². The predicted molar refractivity (Wildman–Crippen MR) is 78.1 cm³/mol. The molecule has 2 aromatic rings. The SMILES string of the molecule is CC(NCc1cc(F)cc(F)c1)c1ccc(Cl)c(Cl)c1. The zero-order valence-electron chi connectivity index (χ0n) is 10.8. The van der Waals surface area contributed by atoms with Crippen LogP contribution < -0.4 is 5.32 Å². The summed E-state index contributed by atoms with van der Waals surface area (Å²) in [5, 5.41) is 4.16. The van der Waals surface area contributed by atoms with E-state index in [2.05, 4.69) is 5.32 Å². The summed E-state index contributed by atoms with van der Waals surface area (Å²) in [4.78, 5) is 0. The molecule has 1 atom stereocenters. The van der Waals surface area contributed by atoms with Gasteiger partial charge in [-0.3, -0.25) is 0 Å². The van der Waals surface area contributed by atoms with Gasteiger partial charge in [0, 0.05) is 18.7 Å². The minimum absolute atomic E-state index is 0.0175. The average Bonchev–Trinajstić information content (AvgIpc) is 2.38. The molecule has 0 heterocycles. The highest BCUT2D eigenvalue weighted by molar-refractivity contribution is 6.42. The third-order valence-electron chi connectivity index (χ3n) is 2.98. The molecule has 2 aromatic carbocycles. The Morgan fingerprint density at radius 2 is 1.65 bits per heavy atom. The van der Waals surface area contributed by atoms with Crippen LogP contribution in [0.5, 0.6) is 0 Å². The van der Waals surface area contributed by atoms with Gasteiger partial charge in [0.1, 0.15) is 11.6 Å². The van der Waals surface area contributed by atoms with Gasteiger partial charge in [-0.15, -0.1) is 0 Å². The number of hydrogen-bond donors (Lipinski definition) is 1. The van der Waals surface area contributed by atoms with Crippen LogP contribution in [-0.2, 0) is 6.54 Å². The maximum absolute atomic E-state index is 13.1. The molecule has 1 nitrogen and oxygen atoms in total. The largest absolute Gasteiger partial charge is 0.306 e. The molecule has 0 amide bonds. The van der Waals surface area contributed by atoms with Gasteiger partial charge >= 0.3 is 0 Å². The molecule has 1 unspecified atom stereocenters. The van der Waals surface area contributed by atoms with Crippen molar-refractivity contribution < 1.29 is 8.78 Å². The highest BCUT2D eigenvalue weighted by Gasteiger charge is 2.08. The Kier molecular flexibility index (Phi) is 4.97. The van der Waals surface area contributed by atoms with Crippen LogP contribution in [-0.4, -0.2) is 0 Å². The fraction of sp³-hybridized carbons (Fsp3) is 0.200. The molecule has 0 saturated carbocycles. The average molecular weight is 316 g/mol. The Balaban J connectivity index is 2.04. The molecule has 0 aliphatic heterocycles. The molecule has 0 aliphatic rings. The van der Waals surface area contributed by atoms with Gasteiger partial charge in [-0.25, -0.2) is 8.78 Å². The highest BCUT2D eigenvalue weighted by Crippen LogP contribution is 2.25. The number of benzene rings is 2. The van der Waals surface area contributed by atoms with Crippen molar-refractivity contribution in [3.05, 3.63) is 69.2 Å². The lowest BCUT2D eigenvalue weighted by Gasteiger charge is -2.15. The van der Waals surface area contributed by atoms with Crippen molar-refractivity contribution in [3.8, 4) is 0 Å². The van der Waals surface area contributed by atoms with E-state index in [4.69, 9.17) is 23.2 Å². The van der Waals surface area contributed by atoms with Crippen LogP contribution in [0.2, 0.25) is 10.0 Å². The lowest BCUT2D eigenvalue weighted by molar-refractivity contribution is 0.554. The predicted octanol–water partition coefficient (Wildman–Crippen LogP) is 5.12. The first-order chi connectivity index (χ1) is 9.45. The van der Waals surface area contributed by atoms with Crippen molar-refractivity contribution in [2.45, 2.75) is 19.5 Å². The molecule has 5 heteroatoms. The zero-order valence-corrected chi connectivity index (χ0v) is 12.3. The minimum atomic E-state index is -0.580. The molecule has 0 fully saturated rings. The monoisotopic (exact) mass is 315 g/mol. The Labute approximate surface area is 126 Å². The number of nitrogens with one attached hydrogen (secondary N) is 1. The minimum Gasteiger partial charge on any atom is -0.306 e. The van der Waals surface area contributed by atoms with Crippen LogP contribution in [0.3, 0.4) is 0 Å². The van der Waals surface area contributed by atoms with Gasteiger partial charge in [0.2, 0.25) is 0 Å². The van der Waals surface area contributed by atoms with Crippen LogP contribution in [0.4, 0.5) is 8.78 Å². The van der Waals surface area contributed by atoms with Crippen molar-refractivity contribution in [1.82, 2.24) is 5.32 Å². The van der Waals surface area contributed by atoms with Gasteiger partial charge in [-0.1, -0.05) is 29.3 Å². The quantitative estimate of drug-likeness (QED) is 0.825. The standard InChI is InChI=1S/C15H13Cl2F2N/c1-9(11-2-3-14(16)15(17)6-11)20-8-10-4-12(18)7-13(19)5-10/h2-7,9,20H,8H2,1H3. The summed E-state index contributed by atoms with van der Waals surface area (Å²) in [6.45, 7) is 2.30. The first-order valence-corrected chi connectivity index (χ1v) is 6.84. The van der Waals surface area contributed by atoms with Gasteiger partial charge < -0.3 is 5.32 Å². The van der Waals surface area contributed by atoms with E-state index in [-0.39, 0.29) is 6.04 Å². The highest BCUT2D eigenvalue weighted by atomic mass is 35.5. The van der Waals surface area contributed by atoms with Gasteiger partial charge in [0.05, 0.1) is 10.0 Å². The van der Waals surface area contributed by atoms with E-state index >= 15 is 0 Å². The summed E-state index contributed by atoms with van der Waals surface area (Å²) in [5.41, 5.74) is 1.51. The van der Waals surface area contributed by atoms with Crippen LogP contribution in [0.1, 0.15) is 24.1 Å². The fourth-order valence-electron chi connectivity index (χ4n) is 1.88. The second kappa shape index (κ2) is 6.53. The third kappa shape index (κ3) is 3.92. The lowest BCUT2D eigenvalue weighted by atomic mass is 10.1. The van der Waals surface area contributed by atoms with Crippen molar-refractivity contribution in [2.24, 2.45) is 0 Å². The van der Waals surface area contributed by atoms with E-state index in [9.17, 15) is 8.78 Å². The molecule has 0 aromatic heterocycles. The molecule has 0 saturated heterocycles. The van der Waals surface area contributed by atoms with E-state index in [0.717, 1.165) is 11.6 Å².